The van der Waals surface area contributed by atoms with Crippen molar-refractivity contribution in [3.8, 4) is 5.75 Å². The Morgan fingerprint density at radius 1 is 1.25 bits per heavy atom. The first-order valence-electron chi connectivity index (χ1n) is 5.33. The number of halogens is 4. The van der Waals surface area contributed by atoms with Crippen molar-refractivity contribution in [3.63, 3.8) is 0 Å². The van der Waals surface area contributed by atoms with Gasteiger partial charge >= 0.3 is 0 Å². The molecule has 0 aliphatic carbocycles. The quantitative estimate of drug-likeness (QED) is 0.733. The summed E-state index contributed by atoms with van der Waals surface area (Å²) in [5.41, 5.74) is -0.154. The van der Waals surface area contributed by atoms with Gasteiger partial charge in [0, 0.05) is 9.50 Å². The Balaban J connectivity index is 2.32. The van der Waals surface area contributed by atoms with Crippen LogP contribution in [0.4, 0.5) is 10.1 Å². The van der Waals surface area contributed by atoms with Crippen LogP contribution in [0.25, 0.3) is 0 Å². The van der Waals surface area contributed by atoms with E-state index in [1.807, 2.05) is 0 Å². The second kappa shape index (κ2) is 5.99. The van der Waals surface area contributed by atoms with Crippen molar-refractivity contribution >= 4 is 50.7 Å². The van der Waals surface area contributed by atoms with E-state index in [-0.39, 0.29) is 27.0 Å². The maximum Gasteiger partial charge on any atom is 0.258 e. The van der Waals surface area contributed by atoms with Crippen molar-refractivity contribution in [2.75, 3.05) is 5.32 Å². The van der Waals surface area contributed by atoms with Crippen molar-refractivity contribution < 1.29 is 14.3 Å². The molecule has 0 bridgehead atoms. The van der Waals surface area contributed by atoms with E-state index in [0.717, 1.165) is 0 Å². The third-order valence-corrected chi connectivity index (χ3v) is 3.45. The van der Waals surface area contributed by atoms with Crippen LogP contribution in [0.2, 0.25) is 10.0 Å². The zero-order valence-corrected chi connectivity index (χ0v) is 12.9. The monoisotopic (exact) mass is 377 g/mol. The molecule has 0 atom stereocenters. The summed E-state index contributed by atoms with van der Waals surface area (Å²) in [5, 5.41) is 12.3. The van der Waals surface area contributed by atoms with Crippen LogP contribution in [-0.4, -0.2) is 11.0 Å². The number of nitrogens with one attached hydrogen (secondary N) is 1. The molecule has 0 aromatic heterocycles. The van der Waals surface area contributed by atoms with Crippen LogP contribution in [-0.2, 0) is 0 Å². The second-order valence-electron chi connectivity index (χ2n) is 3.86. The zero-order chi connectivity index (χ0) is 14.9. The normalized spacial score (nSPS) is 10.4. The van der Waals surface area contributed by atoms with Gasteiger partial charge in [0.2, 0.25) is 0 Å². The predicted molar refractivity (Wildman–Crippen MR) is 80.2 cm³/mol. The van der Waals surface area contributed by atoms with E-state index < -0.39 is 11.7 Å². The van der Waals surface area contributed by atoms with Gasteiger partial charge in [0.1, 0.15) is 5.82 Å². The summed E-state index contributed by atoms with van der Waals surface area (Å²) >= 11 is 14.6. The van der Waals surface area contributed by atoms with Gasteiger partial charge in [-0.3, -0.25) is 4.79 Å². The number of anilines is 1. The largest absolute Gasteiger partial charge is 0.504 e. The number of hydrogen-bond donors (Lipinski definition) is 2. The molecule has 0 saturated heterocycles. The van der Waals surface area contributed by atoms with E-state index >= 15 is 0 Å². The fourth-order valence-corrected chi connectivity index (χ4v) is 2.35. The highest BCUT2D eigenvalue weighted by molar-refractivity contribution is 9.10. The first-order valence-corrected chi connectivity index (χ1v) is 6.88. The molecule has 7 heteroatoms. The average molecular weight is 379 g/mol. The molecule has 0 unspecified atom stereocenters. The average Bonchev–Trinajstić information content (AvgIpc) is 2.35. The first kappa shape index (κ1) is 15.1. The topological polar surface area (TPSA) is 49.3 Å². The minimum absolute atomic E-state index is 0.00909. The van der Waals surface area contributed by atoms with Crippen molar-refractivity contribution in [1.82, 2.24) is 0 Å². The SMILES string of the molecule is O=C(Nc1cc(Cl)cc(Cl)c1O)c1ccc(Br)cc1F. The van der Waals surface area contributed by atoms with Gasteiger partial charge in [-0.1, -0.05) is 39.1 Å². The lowest BCUT2D eigenvalue weighted by Crippen LogP contribution is -2.13. The van der Waals surface area contributed by atoms with E-state index in [0.29, 0.717) is 4.47 Å². The smallest absolute Gasteiger partial charge is 0.258 e. The summed E-state index contributed by atoms with van der Waals surface area (Å²) in [7, 11) is 0. The summed E-state index contributed by atoms with van der Waals surface area (Å²) < 4.78 is 14.2. The van der Waals surface area contributed by atoms with Crippen molar-refractivity contribution in [2.45, 2.75) is 0 Å². The molecule has 2 N–H and O–H groups in total. The van der Waals surface area contributed by atoms with E-state index in [4.69, 9.17) is 23.2 Å². The van der Waals surface area contributed by atoms with Gasteiger partial charge in [0.25, 0.3) is 5.91 Å². The van der Waals surface area contributed by atoms with Gasteiger partial charge in [-0.25, -0.2) is 4.39 Å². The number of hydrogen-bond acceptors (Lipinski definition) is 2. The van der Waals surface area contributed by atoms with Crippen molar-refractivity contribution in [1.29, 1.82) is 0 Å². The van der Waals surface area contributed by atoms with Crippen LogP contribution in [0, 0.1) is 5.82 Å². The Labute approximate surface area is 132 Å². The highest BCUT2D eigenvalue weighted by Gasteiger charge is 2.15. The van der Waals surface area contributed by atoms with Gasteiger partial charge in [-0.15, -0.1) is 0 Å². The predicted octanol–water partition coefficient (Wildman–Crippen LogP) is 4.85. The van der Waals surface area contributed by atoms with Crippen LogP contribution in [0.15, 0.2) is 34.8 Å². The van der Waals surface area contributed by atoms with Crippen LogP contribution < -0.4 is 5.32 Å². The number of carbonyl (C=O) groups excluding carboxylic acids is 1. The van der Waals surface area contributed by atoms with Gasteiger partial charge < -0.3 is 10.4 Å². The molecule has 0 aliphatic heterocycles. The second-order valence-corrected chi connectivity index (χ2v) is 5.62. The molecule has 3 nitrogen and oxygen atoms in total. The first-order chi connectivity index (χ1) is 9.38. The van der Waals surface area contributed by atoms with Gasteiger partial charge in [0.05, 0.1) is 16.3 Å². The molecule has 0 radical (unpaired) electrons. The fraction of sp³-hybridized carbons (Fsp3) is 0. The number of benzene rings is 2. The van der Waals surface area contributed by atoms with E-state index in [9.17, 15) is 14.3 Å². The van der Waals surface area contributed by atoms with E-state index in [1.54, 1.807) is 0 Å². The third-order valence-electron chi connectivity index (χ3n) is 2.45. The Hall–Kier alpha value is -1.30. The molecule has 0 saturated carbocycles. The third kappa shape index (κ3) is 3.23. The molecule has 2 aromatic carbocycles. The Kier molecular flexibility index (Phi) is 4.52. The molecular weight excluding hydrogens is 372 g/mol. The van der Waals surface area contributed by atoms with Crippen LogP contribution >= 0.6 is 39.1 Å². The highest BCUT2D eigenvalue weighted by atomic mass is 79.9. The van der Waals surface area contributed by atoms with Gasteiger partial charge in [-0.2, -0.15) is 0 Å². The number of rotatable bonds is 2. The molecule has 0 spiro atoms. The molecule has 2 rings (SSSR count). The summed E-state index contributed by atoms with van der Waals surface area (Å²) in [6.07, 6.45) is 0. The maximum absolute atomic E-state index is 13.7. The maximum atomic E-state index is 13.7. The molecule has 2 aromatic rings. The molecule has 104 valence electrons. The Bertz CT molecular complexity index is 694. The van der Waals surface area contributed by atoms with Gasteiger partial charge in [0.15, 0.2) is 5.75 Å². The fourth-order valence-electron chi connectivity index (χ4n) is 1.52. The molecule has 0 aliphatic rings. The van der Waals surface area contributed by atoms with Gasteiger partial charge in [-0.05, 0) is 30.3 Å². The lowest BCUT2D eigenvalue weighted by molar-refractivity contribution is 0.102. The van der Waals surface area contributed by atoms with Crippen LogP contribution in [0.1, 0.15) is 10.4 Å². The Morgan fingerprint density at radius 3 is 2.60 bits per heavy atom. The molecule has 1 amide bonds. The Morgan fingerprint density at radius 2 is 1.95 bits per heavy atom. The minimum Gasteiger partial charge on any atom is -0.504 e. The summed E-state index contributed by atoms with van der Waals surface area (Å²) in [5.74, 6) is -1.74. The van der Waals surface area contributed by atoms with E-state index in [2.05, 4.69) is 21.2 Å². The van der Waals surface area contributed by atoms with Crippen LogP contribution in [0.3, 0.4) is 0 Å². The van der Waals surface area contributed by atoms with Crippen LogP contribution in [0.5, 0.6) is 5.75 Å². The lowest BCUT2D eigenvalue weighted by atomic mass is 10.2. The standard InChI is InChI=1S/C13H7BrCl2FNO2/c14-6-1-2-8(10(17)3-6)13(20)18-11-5-7(15)4-9(16)12(11)19/h1-5,19H,(H,18,20). The number of phenolic OH excluding ortho intramolecular Hbond substituents is 1. The minimum atomic E-state index is -0.719. The highest BCUT2D eigenvalue weighted by Crippen LogP contribution is 2.35. The molecular formula is C13H7BrCl2FNO2. The van der Waals surface area contributed by atoms with Crippen molar-refractivity contribution in [2.24, 2.45) is 0 Å². The molecule has 0 fully saturated rings. The summed E-state index contributed by atoms with van der Waals surface area (Å²) in [6.45, 7) is 0. The number of amides is 1. The lowest BCUT2D eigenvalue weighted by Gasteiger charge is -2.09. The zero-order valence-electron chi connectivity index (χ0n) is 9.75. The van der Waals surface area contributed by atoms with Crippen molar-refractivity contribution in [3.05, 3.63) is 56.2 Å². The molecule has 0 heterocycles. The summed E-state index contributed by atoms with van der Waals surface area (Å²) in [6, 6.07) is 6.66. The molecule has 20 heavy (non-hydrogen) atoms. The number of carbonyl (C=O) groups is 1. The summed E-state index contributed by atoms with van der Waals surface area (Å²) in [4.78, 5) is 12.0. The number of aromatic hydroxyl groups is 1. The van der Waals surface area contributed by atoms with E-state index in [1.165, 1.54) is 30.3 Å². The number of phenols is 1.